The maximum Gasteiger partial charge on any atom is 0.257 e. The van der Waals surface area contributed by atoms with Gasteiger partial charge >= 0.3 is 0 Å². The largest absolute Gasteiger partial charge is 0.493 e. The van der Waals surface area contributed by atoms with Gasteiger partial charge < -0.3 is 20.5 Å². The van der Waals surface area contributed by atoms with Crippen LogP contribution in [0.5, 0.6) is 11.5 Å². The number of amides is 1. The third-order valence-corrected chi connectivity index (χ3v) is 3.01. The van der Waals surface area contributed by atoms with E-state index < -0.39 is 0 Å². The summed E-state index contributed by atoms with van der Waals surface area (Å²) in [6.07, 6.45) is 1.57. The van der Waals surface area contributed by atoms with Gasteiger partial charge in [-0.3, -0.25) is 4.79 Å². The number of nitrogens with one attached hydrogen (secondary N) is 1. The minimum Gasteiger partial charge on any atom is -0.493 e. The average molecular weight is 280 g/mol. The van der Waals surface area contributed by atoms with Crippen molar-refractivity contribution in [2.24, 2.45) is 5.73 Å². The lowest BCUT2D eigenvalue weighted by atomic mass is 10.0. The quantitative estimate of drug-likeness (QED) is 0.756. The highest BCUT2D eigenvalue weighted by Crippen LogP contribution is 2.31. The van der Waals surface area contributed by atoms with E-state index in [4.69, 9.17) is 15.2 Å². The lowest BCUT2D eigenvalue weighted by Gasteiger charge is -2.17. The molecular weight excluding hydrogens is 256 g/mol. The summed E-state index contributed by atoms with van der Waals surface area (Å²) < 4.78 is 10.9. The Morgan fingerprint density at radius 3 is 2.75 bits per heavy atom. The summed E-state index contributed by atoms with van der Waals surface area (Å²) in [5.41, 5.74) is 6.95. The monoisotopic (exact) mass is 280 g/mol. The van der Waals surface area contributed by atoms with Crippen molar-refractivity contribution in [3.8, 4) is 11.5 Å². The van der Waals surface area contributed by atoms with Crippen molar-refractivity contribution in [2.75, 3.05) is 20.3 Å². The molecule has 0 radical (unpaired) electrons. The molecule has 1 aromatic carbocycles. The SMILES string of the molecule is CCNC(=O)COc1c(CC(N)CC)cccc1OC. The van der Waals surface area contributed by atoms with Crippen LogP contribution in [0.25, 0.3) is 0 Å². The van der Waals surface area contributed by atoms with E-state index in [0.29, 0.717) is 24.5 Å². The lowest BCUT2D eigenvalue weighted by molar-refractivity contribution is -0.123. The van der Waals surface area contributed by atoms with Crippen molar-refractivity contribution < 1.29 is 14.3 Å². The van der Waals surface area contributed by atoms with E-state index in [-0.39, 0.29) is 18.6 Å². The Morgan fingerprint density at radius 1 is 1.40 bits per heavy atom. The molecule has 20 heavy (non-hydrogen) atoms. The topological polar surface area (TPSA) is 73.6 Å². The summed E-state index contributed by atoms with van der Waals surface area (Å²) >= 11 is 0. The molecular formula is C15H24N2O3. The third kappa shape index (κ3) is 4.74. The molecule has 0 spiro atoms. The first-order valence-electron chi connectivity index (χ1n) is 6.93. The van der Waals surface area contributed by atoms with Gasteiger partial charge in [0.1, 0.15) is 0 Å². The number of nitrogens with two attached hydrogens (primary N) is 1. The first-order chi connectivity index (χ1) is 9.62. The molecule has 0 heterocycles. The zero-order valence-electron chi connectivity index (χ0n) is 12.4. The van der Waals surface area contributed by atoms with Crippen LogP contribution in [0.2, 0.25) is 0 Å². The van der Waals surface area contributed by atoms with Crippen molar-refractivity contribution in [3.05, 3.63) is 23.8 Å². The molecule has 1 unspecified atom stereocenters. The highest BCUT2D eigenvalue weighted by Gasteiger charge is 2.14. The van der Waals surface area contributed by atoms with Gasteiger partial charge in [0.05, 0.1) is 7.11 Å². The number of hydrogen-bond donors (Lipinski definition) is 2. The number of likely N-dealkylation sites (N-methyl/N-ethyl adjacent to an activating group) is 1. The zero-order chi connectivity index (χ0) is 15.0. The van der Waals surface area contributed by atoms with Crippen LogP contribution in [-0.2, 0) is 11.2 Å². The maximum absolute atomic E-state index is 11.5. The van der Waals surface area contributed by atoms with E-state index in [2.05, 4.69) is 5.32 Å². The Balaban J connectivity index is 2.86. The van der Waals surface area contributed by atoms with Gasteiger partial charge in [-0.2, -0.15) is 0 Å². The van der Waals surface area contributed by atoms with E-state index in [1.165, 1.54) is 0 Å². The molecule has 0 aliphatic carbocycles. The third-order valence-electron chi connectivity index (χ3n) is 3.01. The number of para-hydroxylation sites is 1. The van der Waals surface area contributed by atoms with Crippen LogP contribution in [-0.4, -0.2) is 32.2 Å². The molecule has 1 rings (SSSR count). The Labute approximate surface area is 120 Å². The molecule has 0 aliphatic heterocycles. The van der Waals surface area contributed by atoms with Crippen LogP contribution in [0, 0.1) is 0 Å². The fourth-order valence-corrected chi connectivity index (χ4v) is 1.86. The first-order valence-corrected chi connectivity index (χ1v) is 6.93. The van der Waals surface area contributed by atoms with Crippen LogP contribution in [0.3, 0.4) is 0 Å². The Morgan fingerprint density at radius 2 is 2.15 bits per heavy atom. The van der Waals surface area contributed by atoms with Crippen molar-refractivity contribution in [1.29, 1.82) is 0 Å². The van der Waals surface area contributed by atoms with Crippen LogP contribution >= 0.6 is 0 Å². The van der Waals surface area contributed by atoms with E-state index in [1.54, 1.807) is 7.11 Å². The van der Waals surface area contributed by atoms with Crippen molar-refractivity contribution >= 4 is 5.91 Å². The number of benzene rings is 1. The summed E-state index contributed by atoms with van der Waals surface area (Å²) in [5.74, 6) is 1.07. The molecule has 0 aromatic heterocycles. The van der Waals surface area contributed by atoms with Crippen molar-refractivity contribution in [2.45, 2.75) is 32.7 Å². The van der Waals surface area contributed by atoms with Crippen molar-refractivity contribution in [1.82, 2.24) is 5.32 Å². The number of rotatable bonds is 8. The van der Waals surface area contributed by atoms with Gasteiger partial charge in [0.15, 0.2) is 18.1 Å². The lowest BCUT2D eigenvalue weighted by Crippen LogP contribution is -2.29. The maximum atomic E-state index is 11.5. The first kappa shape index (κ1) is 16.3. The molecule has 1 amide bonds. The van der Waals surface area contributed by atoms with Gasteiger partial charge in [0, 0.05) is 12.6 Å². The van der Waals surface area contributed by atoms with Crippen LogP contribution in [0.4, 0.5) is 0 Å². The average Bonchev–Trinajstić information content (AvgIpc) is 2.45. The highest BCUT2D eigenvalue weighted by molar-refractivity contribution is 5.77. The molecule has 0 aliphatic rings. The van der Waals surface area contributed by atoms with E-state index in [9.17, 15) is 4.79 Å². The number of ether oxygens (including phenoxy) is 2. The smallest absolute Gasteiger partial charge is 0.257 e. The number of hydrogen-bond acceptors (Lipinski definition) is 4. The summed E-state index contributed by atoms with van der Waals surface area (Å²) in [6, 6.07) is 5.73. The molecule has 5 heteroatoms. The van der Waals surface area contributed by atoms with E-state index >= 15 is 0 Å². The van der Waals surface area contributed by atoms with Gasteiger partial charge in [-0.15, -0.1) is 0 Å². The second-order valence-electron chi connectivity index (χ2n) is 4.56. The molecule has 5 nitrogen and oxygen atoms in total. The fourth-order valence-electron chi connectivity index (χ4n) is 1.86. The fraction of sp³-hybridized carbons (Fsp3) is 0.533. The summed E-state index contributed by atoms with van der Waals surface area (Å²) in [7, 11) is 1.58. The summed E-state index contributed by atoms with van der Waals surface area (Å²) in [5, 5.41) is 2.70. The van der Waals surface area contributed by atoms with Gasteiger partial charge in [-0.1, -0.05) is 19.1 Å². The Hall–Kier alpha value is -1.75. The van der Waals surface area contributed by atoms with Crippen molar-refractivity contribution in [3.63, 3.8) is 0 Å². The Bertz CT molecular complexity index is 435. The molecule has 1 atom stereocenters. The standard InChI is InChI=1S/C15H24N2O3/c1-4-12(16)9-11-7-6-8-13(19-3)15(11)20-10-14(18)17-5-2/h6-8,12H,4-5,9-10,16H2,1-3H3,(H,17,18). The molecule has 112 valence electrons. The highest BCUT2D eigenvalue weighted by atomic mass is 16.5. The summed E-state index contributed by atoms with van der Waals surface area (Å²) in [6.45, 7) is 4.47. The van der Waals surface area contributed by atoms with E-state index in [1.807, 2.05) is 32.0 Å². The molecule has 3 N–H and O–H groups in total. The molecule has 0 bridgehead atoms. The van der Waals surface area contributed by atoms with Gasteiger partial charge in [-0.25, -0.2) is 0 Å². The number of carbonyl (C=O) groups excluding carboxylic acids is 1. The summed E-state index contributed by atoms with van der Waals surface area (Å²) in [4.78, 5) is 11.5. The molecule has 0 saturated heterocycles. The predicted molar refractivity (Wildman–Crippen MR) is 79.1 cm³/mol. The van der Waals surface area contributed by atoms with Crippen LogP contribution < -0.4 is 20.5 Å². The van der Waals surface area contributed by atoms with Crippen LogP contribution in [0.1, 0.15) is 25.8 Å². The minimum absolute atomic E-state index is 0.0252. The predicted octanol–water partition coefficient (Wildman–Crippen LogP) is 1.49. The Kier molecular flexibility index (Phi) is 6.87. The second-order valence-corrected chi connectivity index (χ2v) is 4.56. The molecule has 0 fully saturated rings. The molecule has 0 saturated carbocycles. The van der Waals surface area contributed by atoms with Gasteiger partial charge in [0.25, 0.3) is 5.91 Å². The second kappa shape index (κ2) is 8.43. The molecule has 1 aromatic rings. The van der Waals surface area contributed by atoms with Gasteiger partial charge in [-0.05, 0) is 31.4 Å². The van der Waals surface area contributed by atoms with Gasteiger partial charge in [0.2, 0.25) is 0 Å². The van der Waals surface area contributed by atoms with E-state index in [0.717, 1.165) is 12.0 Å². The minimum atomic E-state index is -0.149. The number of carbonyl (C=O) groups is 1. The number of methoxy groups -OCH3 is 1. The normalized spacial score (nSPS) is 11.8. The van der Waals surface area contributed by atoms with Crippen LogP contribution in [0.15, 0.2) is 18.2 Å². The zero-order valence-corrected chi connectivity index (χ0v) is 12.4.